The molecule has 2 atom stereocenters. The summed E-state index contributed by atoms with van der Waals surface area (Å²) >= 11 is 3.35. The maximum atomic E-state index is 9.94. The standard InChI is InChI=1S/C11H16BrNO3/c1-6(13)11(14)7-4-10(16-3)8(12)5-9(7)15-2/h4-6,11,14H,13H2,1-3H3/t6-,11+/m1/s1. The third-order valence-electron chi connectivity index (χ3n) is 2.32. The van der Waals surface area contributed by atoms with Crippen LogP contribution in [-0.2, 0) is 0 Å². The Hall–Kier alpha value is -0.780. The molecule has 0 unspecified atom stereocenters. The third-order valence-corrected chi connectivity index (χ3v) is 2.94. The van der Waals surface area contributed by atoms with E-state index in [0.29, 0.717) is 17.1 Å². The number of ether oxygens (including phenoxy) is 2. The second kappa shape index (κ2) is 5.52. The fourth-order valence-corrected chi connectivity index (χ4v) is 1.88. The highest BCUT2D eigenvalue weighted by Crippen LogP contribution is 2.36. The molecule has 0 aliphatic rings. The Balaban J connectivity index is 3.24. The monoisotopic (exact) mass is 289 g/mol. The highest BCUT2D eigenvalue weighted by atomic mass is 79.9. The molecule has 3 N–H and O–H groups in total. The molecule has 0 amide bonds. The van der Waals surface area contributed by atoms with Crippen molar-refractivity contribution in [2.45, 2.75) is 19.1 Å². The zero-order valence-electron chi connectivity index (χ0n) is 9.53. The van der Waals surface area contributed by atoms with Crippen LogP contribution < -0.4 is 15.2 Å². The number of methoxy groups -OCH3 is 2. The summed E-state index contributed by atoms with van der Waals surface area (Å²) in [5.41, 5.74) is 6.29. The van der Waals surface area contributed by atoms with Crippen molar-refractivity contribution in [2.24, 2.45) is 5.73 Å². The molecule has 90 valence electrons. The number of aliphatic hydroxyl groups excluding tert-OH is 1. The van der Waals surface area contributed by atoms with E-state index in [2.05, 4.69) is 15.9 Å². The Morgan fingerprint density at radius 1 is 1.25 bits per heavy atom. The zero-order chi connectivity index (χ0) is 12.3. The molecule has 0 saturated heterocycles. The predicted octanol–water partition coefficient (Wildman–Crippen LogP) is 1.85. The van der Waals surface area contributed by atoms with Gasteiger partial charge in [-0.2, -0.15) is 0 Å². The Labute approximate surface area is 103 Å². The summed E-state index contributed by atoms with van der Waals surface area (Å²) in [5.74, 6) is 1.22. The van der Waals surface area contributed by atoms with Gasteiger partial charge in [0.15, 0.2) is 0 Å². The van der Waals surface area contributed by atoms with Gasteiger partial charge in [-0.05, 0) is 35.0 Å². The molecule has 0 saturated carbocycles. The molecule has 0 spiro atoms. The van der Waals surface area contributed by atoms with E-state index in [4.69, 9.17) is 15.2 Å². The first-order chi connectivity index (χ1) is 7.51. The molecule has 0 aliphatic carbocycles. The number of rotatable bonds is 4. The molecule has 0 radical (unpaired) electrons. The molecular formula is C11H16BrNO3. The zero-order valence-corrected chi connectivity index (χ0v) is 11.1. The minimum absolute atomic E-state index is 0.375. The first-order valence-electron chi connectivity index (χ1n) is 4.86. The average Bonchev–Trinajstić information content (AvgIpc) is 2.27. The Bertz CT molecular complexity index is 368. The maximum absolute atomic E-state index is 9.94. The van der Waals surface area contributed by atoms with E-state index in [1.807, 2.05) is 0 Å². The average molecular weight is 290 g/mol. The van der Waals surface area contributed by atoms with Crippen LogP contribution in [0, 0.1) is 0 Å². The molecule has 1 aromatic rings. The summed E-state index contributed by atoms with van der Waals surface area (Å²) in [6, 6.07) is 3.09. The molecular weight excluding hydrogens is 274 g/mol. The minimum atomic E-state index is -0.781. The third kappa shape index (κ3) is 2.66. The first-order valence-corrected chi connectivity index (χ1v) is 5.65. The quantitative estimate of drug-likeness (QED) is 0.888. The van der Waals surface area contributed by atoms with Gasteiger partial charge in [-0.1, -0.05) is 0 Å². The summed E-state index contributed by atoms with van der Waals surface area (Å²) in [5, 5.41) is 9.94. The molecule has 0 heterocycles. The number of hydrogen-bond acceptors (Lipinski definition) is 4. The topological polar surface area (TPSA) is 64.7 Å². The van der Waals surface area contributed by atoms with Gasteiger partial charge in [-0.3, -0.25) is 0 Å². The smallest absolute Gasteiger partial charge is 0.133 e. The number of benzene rings is 1. The molecule has 16 heavy (non-hydrogen) atoms. The highest BCUT2D eigenvalue weighted by Gasteiger charge is 2.19. The second-order valence-corrected chi connectivity index (χ2v) is 4.39. The maximum Gasteiger partial charge on any atom is 0.133 e. The van der Waals surface area contributed by atoms with Crippen LogP contribution >= 0.6 is 15.9 Å². The lowest BCUT2D eigenvalue weighted by Gasteiger charge is -2.19. The predicted molar refractivity (Wildman–Crippen MR) is 65.9 cm³/mol. The van der Waals surface area contributed by atoms with Crippen LogP contribution in [0.3, 0.4) is 0 Å². The van der Waals surface area contributed by atoms with E-state index >= 15 is 0 Å². The molecule has 5 heteroatoms. The van der Waals surface area contributed by atoms with Gasteiger partial charge in [-0.15, -0.1) is 0 Å². The van der Waals surface area contributed by atoms with Gasteiger partial charge < -0.3 is 20.3 Å². The molecule has 1 rings (SSSR count). The van der Waals surface area contributed by atoms with Crippen LogP contribution in [0.2, 0.25) is 0 Å². The van der Waals surface area contributed by atoms with Crippen molar-refractivity contribution in [3.05, 3.63) is 22.2 Å². The van der Waals surface area contributed by atoms with Crippen LogP contribution in [0.5, 0.6) is 11.5 Å². The van der Waals surface area contributed by atoms with Crippen LogP contribution in [-0.4, -0.2) is 25.4 Å². The number of hydrogen-bond donors (Lipinski definition) is 2. The van der Waals surface area contributed by atoms with E-state index in [-0.39, 0.29) is 6.04 Å². The fraction of sp³-hybridized carbons (Fsp3) is 0.455. The van der Waals surface area contributed by atoms with Crippen molar-refractivity contribution in [1.82, 2.24) is 0 Å². The Morgan fingerprint density at radius 3 is 2.25 bits per heavy atom. The normalized spacial score (nSPS) is 14.4. The fourth-order valence-electron chi connectivity index (χ4n) is 1.40. The van der Waals surface area contributed by atoms with Crippen LogP contribution in [0.1, 0.15) is 18.6 Å². The van der Waals surface area contributed by atoms with E-state index in [0.717, 1.165) is 4.47 Å². The van der Waals surface area contributed by atoms with Crippen LogP contribution in [0.25, 0.3) is 0 Å². The Kier molecular flexibility index (Phi) is 4.58. The summed E-state index contributed by atoms with van der Waals surface area (Å²) in [7, 11) is 3.11. The van der Waals surface area contributed by atoms with E-state index in [9.17, 15) is 5.11 Å². The van der Waals surface area contributed by atoms with E-state index in [1.54, 1.807) is 33.3 Å². The molecule has 4 nitrogen and oxygen atoms in total. The minimum Gasteiger partial charge on any atom is -0.496 e. The summed E-state index contributed by atoms with van der Waals surface area (Å²) in [6.07, 6.45) is -0.781. The van der Waals surface area contributed by atoms with Crippen LogP contribution in [0.15, 0.2) is 16.6 Å². The molecule has 1 aromatic carbocycles. The lowest BCUT2D eigenvalue weighted by Crippen LogP contribution is -2.24. The van der Waals surface area contributed by atoms with Crippen LogP contribution in [0.4, 0.5) is 0 Å². The first kappa shape index (κ1) is 13.3. The SMILES string of the molecule is COc1cc([C@@H](O)[C@@H](C)N)c(OC)cc1Br. The second-order valence-electron chi connectivity index (χ2n) is 3.53. The lowest BCUT2D eigenvalue weighted by molar-refractivity contribution is 0.149. The van der Waals surface area contributed by atoms with Gasteiger partial charge in [0.05, 0.1) is 24.8 Å². The van der Waals surface area contributed by atoms with Crippen molar-refractivity contribution in [3.8, 4) is 11.5 Å². The molecule has 0 aliphatic heterocycles. The van der Waals surface area contributed by atoms with Crippen molar-refractivity contribution in [3.63, 3.8) is 0 Å². The van der Waals surface area contributed by atoms with Gasteiger partial charge >= 0.3 is 0 Å². The van der Waals surface area contributed by atoms with Crippen molar-refractivity contribution < 1.29 is 14.6 Å². The Morgan fingerprint density at radius 2 is 1.81 bits per heavy atom. The molecule has 0 fully saturated rings. The van der Waals surface area contributed by atoms with Crippen molar-refractivity contribution >= 4 is 15.9 Å². The van der Waals surface area contributed by atoms with Gasteiger partial charge in [0, 0.05) is 11.6 Å². The summed E-state index contributed by atoms with van der Waals surface area (Å²) < 4.78 is 11.1. The highest BCUT2D eigenvalue weighted by molar-refractivity contribution is 9.10. The largest absolute Gasteiger partial charge is 0.496 e. The summed E-state index contributed by atoms with van der Waals surface area (Å²) in [4.78, 5) is 0. The number of aliphatic hydroxyl groups is 1. The number of nitrogens with two attached hydrogens (primary N) is 1. The lowest BCUT2D eigenvalue weighted by atomic mass is 10.0. The van der Waals surface area contributed by atoms with Gasteiger partial charge in [0.2, 0.25) is 0 Å². The number of halogens is 1. The molecule has 0 bridgehead atoms. The van der Waals surface area contributed by atoms with Gasteiger partial charge in [0.1, 0.15) is 11.5 Å². The molecule has 0 aromatic heterocycles. The van der Waals surface area contributed by atoms with Gasteiger partial charge in [0.25, 0.3) is 0 Å². The van der Waals surface area contributed by atoms with E-state index < -0.39 is 6.10 Å². The van der Waals surface area contributed by atoms with Crippen molar-refractivity contribution in [2.75, 3.05) is 14.2 Å². The van der Waals surface area contributed by atoms with E-state index in [1.165, 1.54) is 0 Å². The van der Waals surface area contributed by atoms with Gasteiger partial charge in [-0.25, -0.2) is 0 Å². The summed E-state index contributed by atoms with van der Waals surface area (Å²) in [6.45, 7) is 1.73. The van der Waals surface area contributed by atoms with Crippen molar-refractivity contribution in [1.29, 1.82) is 0 Å².